The molecular formula is C15H23BrN2O. The molecule has 0 radical (unpaired) electrons. The largest absolute Gasteiger partial charge is 0.381 e. The molecule has 2 rings (SSSR count). The zero-order chi connectivity index (χ0) is 13.8. The lowest BCUT2D eigenvalue weighted by Gasteiger charge is -2.37. The summed E-state index contributed by atoms with van der Waals surface area (Å²) in [5, 5.41) is 0. The average molecular weight is 327 g/mol. The van der Waals surface area contributed by atoms with Gasteiger partial charge in [0, 0.05) is 36.3 Å². The van der Waals surface area contributed by atoms with E-state index < -0.39 is 0 Å². The first kappa shape index (κ1) is 15.0. The van der Waals surface area contributed by atoms with Crippen molar-refractivity contribution in [3.63, 3.8) is 0 Å². The number of nitrogens with zero attached hydrogens (tertiary/aromatic N) is 1. The Hall–Kier alpha value is -0.420. The molecule has 2 N–H and O–H groups in total. The molecule has 3 nitrogen and oxygen atoms in total. The van der Waals surface area contributed by atoms with Crippen molar-refractivity contribution in [3.8, 4) is 0 Å². The first-order valence-electron chi connectivity index (χ1n) is 6.89. The fourth-order valence-corrected chi connectivity index (χ4v) is 3.10. The predicted molar refractivity (Wildman–Crippen MR) is 82.3 cm³/mol. The summed E-state index contributed by atoms with van der Waals surface area (Å²) in [5.41, 5.74) is 8.56. The second kappa shape index (κ2) is 6.84. The molecule has 1 aliphatic rings. The van der Waals surface area contributed by atoms with E-state index in [-0.39, 0.29) is 6.04 Å². The van der Waals surface area contributed by atoms with Gasteiger partial charge < -0.3 is 10.5 Å². The van der Waals surface area contributed by atoms with Crippen molar-refractivity contribution in [2.75, 3.05) is 26.8 Å². The number of benzene rings is 1. The number of nitrogens with two attached hydrogens (primary N) is 1. The van der Waals surface area contributed by atoms with Crippen LogP contribution < -0.4 is 5.73 Å². The number of likely N-dealkylation sites (N-methyl/N-ethyl adjacent to an activating group) is 1. The van der Waals surface area contributed by atoms with Crippen molar-refractivity contribution in [3.05, 3.63) is 33.8 Å². The van der Waals surface area contributed by atoms with Gasteiger partial charge in [-0.3, -0.25) is 4.90 Å². The lowest BCUT2D eigenvalue weighted by molar-refractivity contribution is 0.0294. The molecule has 0 saturated carbocycles. The smallest absolute Gasteiger partial charge is 0.0480 e. The summed E-state index contributed by atoms with van der Waals surface area (Å²) in [4.78, 5) is 2.42. The summed E-state index contributed by atoms with van der Waals surface area (Å²) in [6.07, 6.45) is 2.19. The molecule has 0 amide bonds. The minimum Gasteiger partial charge on any atom is -0.381 e. The van der Waals surface area contributed by atoms with E-state index in [1.165, 1.54) is 11.1 Å². The highest BCUT2D eigenvalue weighted by Crippen LogP contribution is 2.27. The maximum Gasteiger partial charge on any atom is 0.0480 e. The van der Waals surface area contributed by atoms with Gasteiger partial charge in [-0.1, -0.05) is 28.1 Å². The summed E-state index contributed by atoms with van der Waals surface area (Å²) < 4.78 is 6.59. The third-order valence-corrected chi connectivity index (χ3v) is 4.92. The first-order valence-corrected chi connectivity index (χ1v) is 7.68. The van der Waals surface area contributed by atoms with Gasteiger partial charge in [0.25, 0.3) is 0 Å². The zero-order valence-corrected chi connectivity index (χ0v) is 13.3. The van der Waals surface area contributed by atoms with Gasteiger partial charge in [0.05, 0.1) is 0 Å². The normalized spacial score (nSPS) is 18.8. The Labute approximate surface area is 124 Å². The number of hydrogen-bond acceptors (Lipinski definition) is 3. The SMILES string of the molecule is Cc1ccc(C(CN)N(C)C2CCOCC2)cc1Br. The Bertz CT molecular complexity index is 419. The minimum absolute atomic E-state index is 0.278. The van der Waals surface area contributed by atoms with Gasteiger partial charge in [-0.2, -0.15) is 0 Å². The number of aryl methyl sites for hydroxylation is 1. The maximum atomic E-state index is 6.01. The number of rotatable bonds is 4. The third kappa shape index (κ3) is 3.57. The van der Waals surface area contributed by atoms with E-state index in [0.717, 1.165) is 30.5 Å². The molecule has 1 aromatic carbocycles. The van der Waals surface area contributed by atoms with Crippen molar-refractivity contribution in [1.82, 2.24) is 4.90 Å². The van der Waals surface area contributed by atoms with Crippen molar-refractivity contribution in [2.45, 2.75) is 31.8 Å². The zero-order valence-electron chi connectivity index (χ0n) is 11.7. The Morgan fingerprint density at radius 1 is 1.42 bits per heavy atom. The van der Waals surface area contributed by atoms with Crippen molar-refractivity contribution >= 4 is 15.9 Å². The molecule has 4 heteroatoms. The van der Waals surface area contributed by atoms with Crippen LogP contribution in [0.3, 0.4) is 0 Å². The molecule has 1 heterocycles. The van der Waals surface area contributed by atoms with Crippen molar-refractivity contribution in [2.24, 2.45) is 5.73 Å². The summed E-state index contributed by atoms with van der Waals surface area (Å²) in [6, 6.07) is 7.39. The highest BCUT2D eigenvalue weighted by Gasteiger charge is 2.25. The Morgan fingerprint density at radius 3 is 2.68 bits per heavy atom. The first-order chi connectivity index (χ1) is 9.13. The van der Waals surface area contributed by atoms with E-state index in [4.69, 9.17) is 10.5 Å². The molecule has 19 heavy (non-hydrogen) atoms. The summed E-state index contributed by atoms with van der Waals surface area (Å²) in [5.74, 6) is 0. The quantitative estimate of drug-likeness (QED) is 0.924. The van der Waals surface area contributed by atoms with Crippen LogP contribution in [0.5, 0.6) is 0 Å². The molecule has 1 fully saturated rings. The Balaban J connectivity index is 2.15. The van der Waals surface area contributed by atoms with Gasteiger partial charge in [-0.25, -0.2) is 0 Å². The van der Waals surface area contributed by atoms with E-state index in [1.807, 2.05) is 0 Å². The van der Waals surface area contributed by atoms with Crippen LogP contribution >= 0.6 is 15.9 Å². The van der Waals surface area contributed by atoms with Gasteiger partial charge in [0.15, 0.2) is 0 Å². The molecule has 1 aromatic rings. The van der Waals surface area contributed by atoms with Crippen LogP contribution in [0.15, 0.2) is 22.7 Å². The fraction of sp³-hybridized carbons (Fsp3) is 0.600. The second-order valence-corrected chi connectivity index (χ2v) is 6.12. The number of ether oxygens (including phenoxy) is 1. The van der Waals surface area contributed by atoms with Crippen LogP contribution in [0.25, 0.3) is 0 Å². The molecule has 0 aliphatic carbocycles. The van der Waals surface area contributed by atoms with Gasteiger partial charge in [0.1, 0.15) is 0 Å². The van der Waals surface area contributed by atoms with Crippen LogP contribution in [0, 0.1) is 6.92 Å². The second-order valence-electron chi connectivity index (χ2n) is 5.27. The lowest BCUT2D eigenvalue weighted by atomic mass is 9.99. The highest BCUT2D eigenvalue weighted by molar-refractivity contribution is 9.10. The Kier molecular flexibility index (Phi) is 5.39. The maximum absolute atomic E-state index is 6.01. The molecule has 0 spiro atoms. The molecule has 0 aromatic heterocycles. The average Bonchev–Trinajstić information content (AvgIpc) is 2.44. The Morgan fingerprint density at radius 2 is 2.11 bits per heavy atom. The van der Waals surface area contributed by atoms with Crippen molar-refractivity contribution in [1.29, 1.82) is 0 Å². The van der Waals surface area contributed by atoms with Gasteiger partial charge >= 0.3 is 0 Å². The van der Waals surface area contributed by atoms with E-state index in [0.29, 0.717) is 12.6 Å². The summed E-state index contributed by atoms with van der Waals surface area (Å²) >= 11 is 3.61. The van der Waals surface area contributed by atoms with Gasteiger partial charge in [0.2, 0.25) is 0 Å². The predicted octanol–water partition coefficient (Wildman–Crippen LogP) is 2.87. The third-order valence-electron chi connectivity index (χ3n) is 4.06. The standard InChI is InChI=1S/C15H23BrN2O/c1-11-3-4-12(9-14(11)16)15(10-17)18(2)13-5-7-19-8-6-13/h3-4,9,13,15H,5-8,10,17H2,1-2H3. The molecule has 1 aliphatic heterocycles. The van der Waals surface area contributed by atoms with Crippen LogP contribution in [0.2, 0.25) is 0 Å². The molecule has 0 bridgehead atoms. The molecule has 1 saturated heterocycles. The minimum atomic E-state index is 0.278. The van der Waals surface area contributed by atoms with Gasteiger partial charge in [-0.15, -0.1) is 0 Å². The topological polar surface area (TPSA) is 38.5 Å². The van der Waals surface area contributed by atoms with Crippen LogP contribution in [-0.4, -0.2) is 37.7 Å². The summed E-state index contributed by atoms with van der Waals surface area (Å²) in [6.45, 7) is 4.48. The van der Waals surface area contributed by atoms with E-state index in [9.17, 15) is 0 Å². The van der Waals surface area contributed by atoms with Crippen LogP contribution in [0.1, 0.15) is 30.0 Å². The molecule has 1 unspecified atom stereocenters. The number of hydrogen-bond donors (Lipinski definition) is 1. The summed E-state index contributed by atoms with van der Waals surface area (Å²) in [7, 11) is 2.18. The van der Waals surface area contributed by atoms with E-state index >= 15 is 0 Å². The van der Waals surface area contributed by atoms with E-state index in [2.05, 4.69) is 53.0 Å². The van der Waals surface area contributed by atoms with Gasteiger partial charge in [-0.05, 0) is 44.0 Å². The van der Waals surface area contributed by atoms with Crippen LogP contribution in [0.4, 0.5) is 0 Å². The monoisotopic (exact) mass is 326 g/mol. The fourth-order valence-electron chi connectivity index (χ4n) is 2.70. The molecular weight excluding hydrogens is 304 g/mol. The van der Waals surface area contributed by atoms with Crippen LogP contribution in [-0.2, 0) is 4.74 Å². The molecule has 106 valence electrons. The van der Waals surface area contributed by atoms with E-state index in [1.54, 1.807) is 0 Å². The lowest BCUT2D eigenvalue weighted by Crippen LogP contribution is -2.41. The highest BCUT2D eigenvalue weighted by atomic mass is 79.9. The molecule has 1 atom stereocenters. The number of halogens is 1. The van der Waals surface area contributed by atoms with Crippen molar-refractivity contribution < 1.29 is 4.74 Å².